The van der Waals surface area contributed by atoms with Crippen molar-refractivity contribution in [1.82, 2.24) is 10.2 Å². The van der Waals surface area contributed by atoms with Crippen LogP contribution in [0.2, 0.25) is 0 Å². The van der Waals surface area contributed by atoms with Gasteiger partial charge in [0, 0.05) is 31.7 Å². The summed E-state index contributed by atoms with van der Waals surface area (Å²) in [7, 11) is 1.91. The van der Waals surface area contributed by atoms with Crippen LogP contribution in [-0.2, 0) is 9.53 Å². The number of halogens is 1. The van der Waals surface area contributed by atoms with Gasteiger partial charge in [0.15, 0.2) is 0 Å². The van der Waals surface area contributed by atoms with E-state index in [-0.39, 0.29) is 24.4 Å². The summed E-state index contributed by atoms with van der Waals surface area (Å²) in [6.45, 7) is 6.77. The lowest BCUT2D eigenvalue weighted by Gasteiger charge is -2.38. The molecule has 1 N–H and O–H groups in total. The number of nitrogens with one attached hydrogen (secondary N) is 1. The molecule has 1 amide bonds. The molecular weight excluding hydrogens is 300 g/mol. The maximum Gasteiger partial charge on any atom is 0.227 e. The first-order chi connectivity index (χ1) is 10.1. The summed E-state index contributed by atoms with van der Waals surface area (Å²) >= 11 is 0. The Labute approximate surface area is 141 Å². The van der Waals surface area contributed by atoms with Gasteiger partial charge in [-0.15, -0.1) is 12.4 Å². The molecule has 1 saturated carbocycles. The number of hydrogen-bond donors (Lipinski definition) is 1. The van der Waals surface area contributed by atoms with Crippen LogP contribution in [-0.4, -0.2) is 49.7 Å². The molecule has 1 aliphatic heterocycles. The maximum absolute atomic E-state index is 12.8. The molecule has 1 heterocycles. The third-order valence-electron chi connectivity index (χ3n) is 5.07. The van der Waals surface area contributed by atoms with E-state index in [0.29, 0.717) is 11.9 Å². The summed E-state index contributed by atoms with van der Waals surface area (Å²) in [6.07, 6.45) is 7.32. The molecular formula is C17H33ClN2O2. The van der Waals surface area contributed by atoms with Gasteiger partial charge in [0.1, 0.15) is 0 Å². The minimum absolute atomic E-state index is 0. The lowest BCUT2D eigenvalue weighted by molar-refractivity contribution is -0.140. The Morgan fingerprint density at radius 2 is 1.95 bits per heavy atom. The Morgan fingerprint density at radius 3 is 2.50 bits per heavy atom. The molecule has 0 aromatic rings. The zero-order valence-electron chi connectivity index (χ0n) is 14.3. The highest BCUT2D eigenvalue weighted by atomic mass is 35.5. The van der Waals surface area contributed by atoms with E-state index in [0.717, 1.165) is 51.3 Å². The molecule has 5 heteroatoms. The van der Waals surface area contributed by atoms with Crippen molar-refractivity contribution < 1.29 is 9.53 Å². The van der Waals surface area contributed by atoms with Gasteiger partial charge in [-0.05, 0) is 51.5 Å². The van der Waals surface area contributed by atoms with E-state index in [1.807, 2.05) is 14.0 Å². The van der Waals surface area contributed by atoms with E-state index >= 15 is 0 Å². The van der Waals surface area contributed by atoms with Crippen LogP contribution in [0.15, 0.2) is 0 Å². The summed E-state index contributed by atoms with van der Waals surface area (Å²) in [6, 6.07) is 0.428. The van der Waals surface area contributed by atoms with Crippen molar-refractivity contribution in [2.45, 2.75) is 64.5 Å². The molecule has 22 heavy (non-hydrogen) atoms. The van der Waals surface area contributed by atoms with Crippen LogP contribution in [0.5, 0.6) is 0 Å². The molecule has 0 spiro atoms. The summed E-state index contributed by atoms with van der Waals surface area (Å²) in [5.74, 6) is 1.17. The summed E-state index contributed by atoms with van der Waals surface area (Å²) in [4.78, 5) is 15.0. The van der Waals surface area contributed by atoms with Gasteiger partial charge < -0.3 is 15.0 Å². The molecule has 2 atom stereocenters. The number of rotatable bonds is 6. The Kier molecular flexibility index (Phi) is 8.73. The van der Waals surface area contributed by atoms with Gasteiger partial charge >= 0.3 is 0 Å². The molecule has 2 fully saturated rings. The first-order valence-corrected chi connectivity index (χ1v) is 8.68. The SMILES string of the molecule is CNCC(C)C(=O)N(CC1CCCO1)C1CCC(C)CC1.Cl. The Morgan fingerprint density at radius 1 is 1.27 bits per heavy atom. The van der Waals surface area contributed by atoms with Gasteiger partial charge in [0.2, 0.25) is 5.91 Å². The van der Waals surface area contributed by atoms with E-state index in [2.05, 4.69) is 17.1 Å². The normalized spacial score (nSPS) is 29.7. The van der Waals surface area contributed by atoms with E-state index in [9.17, 15) is 4.79 Å². The number of nitrogens with zero attached hydrogens (tertiary/aromatic N) is 1. The second-order valence-electron chi connectivity index (χ2n) is 7.00. The smallest absolute Gasteiger partial charge is 0.227 e. The van der Waals surface area contributed by atoms with Gasteiger partial charge in [-0.1, -0.05) is 13.8 Å². The highest BCUT2D eigenvalue weighted by Crippen LogP contribution is 2.29. The third-order valence-corrected chi connectivity index (χ3v) is 5.07. The number of hydrogen-bond acceptors (Lipinski definition) is 3. The highest BCUT2D eigenvalue weighted by molar-refractivity contribution is 5.85. The van der Waals surface area contributed by atoms with Gasteiger partial charge in [0.05, 0.1) is 6.10 Å². The van der Waals surface area contributed by atoms with Crippen molar-refractivity contribution in [1.29, 1.82) is 0 Å². The van der Waals surface area contributed by atoms with Gasteiger partial charge in [0.25, 0.3) is 0 Å². The zero-order valence-corrected chi connectivity index (χ0v) is 15.2. The van der Waals surface area contributed by atoms with Crippen LogP contribution in [0, 0.1) is 11.8 Å². The molecule has 2 rings (SSSR count). The minimum atomic E-state index is 0. The molecule has 1 saturated heterocycles. The first kappa shape index (κ1) is 19.7. The third kappa shape index (κ3) is 5.39. The maximum atomic E-state index is 12.8. The molecule has 0 bridgehead atoms. The lowest BCUT2D eigenvalue weighted by atomic mass is 9.86. The fraction of sp³-hybridized carbons (Fsp3) is 0.941. The van der Waals surface area contributed by atoms with E-state index in [1.165, 1.54) is 12.8 Å². The molecule has 0 radical (unpaired) electrons. The van der Waals surface area contributed by atoms with Crippen molar-refractivity contribution in [2.24, 2.45) is 11.8 Å². The predicted octanol–water partition coefficient (Wildman–Crippen LogP) is 2.85. The van der Waals surface area contributed by atoms with Crippen molar-refractivity contribution in [3.8, 4) is 0 Å². The Bertz CT molecular complexity index is 327. The zero-order chi connectivity index (χ0) is 15.2. The Hall–Kier alpha value is -0.320. The molecule has 0 aromatic carbocycles. The predicted molar refractivity (Wildman–Crippen MR) is 92.4 cm³/mol. The minimum Gasteiger partial charge on any atom is -0.376 e. The van der Waals surface area contributed by atoms with Crippen molar-refractivity contribution in [2.75, 3.05) is 26.7 Å². The van der Waals surface area contributed by atoms with E-state index < -0.39 is 0 Å². The van der Waals surface area contributed by atoms with Gasteiger partial charge in [-0.3, -0.25) is 4.79 Å². The quantitative estimate of drug-likeness (QED) is 0.813. The molecule has 4 nitrogen and oxygen atoms in total. The number of amides is 1. The topological polar surface area (TPSA) is 41.6 Å². The van der Waals surface area contributed by atoms with Gasteiger partial charge in [-0.2, -0.15) is 0 Å². The highest BCUT2D eigenvalue weighted by Gasteiger charge is 2.32. The van der Waals surface area contributed by atoms with Crippen LogP contribution >= 0.6 is 12.4 Å². The van der Waals surface area contributed by atoms with Crippen LogP contribution in [0.3, 0.4) is 0 Å². The number of carbonyl (C=O) groups is 1. The van der Waals surface area contributed by atoms with Gasteiger partial charge in [-0.25, -0.2) is 0 Å². The van der Waals surface area contributed by atoms with E-state index in [1.54, 1.807) is 0 Å². The van der Waals surface area contributed by atoms with Crippen LogP contribution in [0.4, 0.5) is 0 Å². The van der Waals surface area contributed by atoms with Crippen LogP contribution in [0.1, 0.15) is 52.4 Å². The molecule has 2 aliphatic rings. The Balaban J connectivity index is 0.00000242. The van der Waals surface area contributed by atoms with Crippen molar-refractivity contribution in [3.63, 3.8) is 0 Å². The van der Waals surface area contributed by atoms with Crippen molar-refractivity contribution >= 4 is 18.3 Å². The second kappa shape index (κ2) is 9.74. The molecule has 0 aromatic heterocycles. The average molecular weight is 333 g/mol. The standard InChI is InChI=1S/C17H32N2O2.ClH/c1-13-6-8-15(9-7-13)19(12-16-5-4-10-21-16)17(20)14(2)11-18-3;/h13-16,18H,4-12H2,1-3H3;1H. The van der Waals surface area contributed by atoms with Crippen LogP contribution in [0.25, 0.3) is 0 Å². The summed E-state index contributed by atoms with van der Waals surface area (Å²) < 4.78 is 5.78. The average Bonchev–Trinajstić information content (AvgIpc) is 2.98. The largest absolute Gasteiger partial charge is 0.376 e. The van der Waals surface area contributed by atoms with E-state index in [4.69, 9.17) is 4.74 Å². The lowest BCUT2D eigenvalue weighted by Crippen LogP contribution is -2.49. The molecule has 2 unspecified atom stereocenters. The summed E-state index contributed by atoms with van der Waals surface area (Å²) in [5, 5.41) is 3.13. The number of carbonyl (C=O) groups excluding carboxylic acids is 1. The first-order valence-electron chi connectivity index (χ1n) is 8.68. The number of ether oxygens (including phenoxy) is 1. The molecule has 130 valence electrons. The molecule has 1 aliphatic carbocycles. The second-order valence-corrected chi connectivity index (χ2v) is 7.00. The fourth-order valence-corrected chi connectivity index (χ4v) is 3.66. The van der Waals surface area contributed by atoms with Crippen molar-refractivity contribution in [3.05, 3.63) is 0 Å². The summed E-state index contributed by atoms with van der Waals surface area (Å²) in [5.41, 5.74) is 0. The monoisotopic (exact) mass is 332 g/mol. The fourth-order valence-electron chi connectivity index (χ4n) is 3.66. The van der Waals surface area contributed by atoms with Crippen LogP contribution < -0.4 is 5.32 Å².